The van der Waals surface area contributed by atoms with Crippen molar-refractivity contribution in [2.75, 3.05) is 7.11 Å². The van der Waals surface area contributed by atoms with E-state index in [9.17, 15) is 14.4 Å². The molecule has 0 aromatic heterocycles. The molecule has 0 bridgehead atoms. The highest BCUT2D eigenvalue weighted by Crippen LogP contribution is 2.49. The molecular formula is C18H13FN2O2. The van der Waals surface area contributed by atoms with E-state index >= 15 is 0 Å². The number of fused-ring (bicyclic) bond motifs is 1. The smallest absolute Gasteiger partial charge is 0.338 e. The minimum Gasteiger partial charge on any atom is -0.466 e. The first-order chi connectivity index (χ1) is 11.1. The van der Waals surface area contributed by atoms with Gasteiger partial charge >= 0.3 is 5.97 Å². The van der Waals surface area contributed by atoms with Crippen LogP contribution in [0.5, 0.6) is 0 Å². The maximum atomic E-state index is 14.3. The quantitative estimate of drug-likeness (QED) is 0.865. The summed E-state index contributed by atoms with van der Waals surface area (Å²) in [7, 11) is 1.20. The first-order valence-electron chi connectivity index (χ1n) is 6.92. The summed E-state index contributed by atoms with van der Waals surface area (Å²) in [6.07, 6.45) is 0. The third-order valence-electron chi connectivity index (χ3n) is 4.10. The zero-order chi connectivity index (χ0) is 16.6. The number of esters is 1. The molecule has 0 saturated heterocycles. The van der Waals surface area contributed by atoms with Gasteiger partial charge in [0.25, 0.3) is 0 Å². The Labute approximate surface area is 132 Å². The minimum atomic E-state index is -1.49. The Balaban J connectivity index is 2.45. The van der Waals surface area contributed by atoms with E-state index in [-0.39, 0.29) is 16.8 Å². The molecule has 0 unspecified atom stereocenters. The monoisotopic (exact) mass is 308 g/mol. The van der Waals surface area contributed by atoms with Crippen molar-refractivity contribution >= 4 is 11.7 Å². The molecule has 2 aromatic rings. The van der Waals surface area contributed by atoms with Crippen molar-refractivity contribution in [1.29, 1.82) is 5.26 Å². The number of methoxy groups -OCH3 is 1. The summed E-state index contributed by atoms with van der Waals surface area (Å²) >= 11 is 0. The number of benzene rings is 2. The summed E-state index contributed by atoms with van der Waals surface area (Å²) in [4.78, 5) is 12.3. The van der Waals surface area contributed by atoms with Crippen LogP contribution in [-0.2, 0) is 14.9 Å². The molecular weight excluding hydrogens is 295 g/mol. The number of nitriles is 1. The second-order valence-electron chi connectivity index (χ2n) is 5.17. The number of carbonyl (C=O) groups excluding carboxylic acids is 1. The van der Waals surface area contributed by atoms with Crippen LogP contribution in [-0.4, -0.2) is 13.1 Å². The van der Waals surface area contributed by atoms with Crippen LogP contribution in [0.1, 0.15) is 16.7 Å². The summed E-state index contributed by atoms with van der Waals surface area (Å²) < 4.78 is 19.1. The number of nitrogens with two attached hydrogens (primary N) is 1. The van der Waals surface area contributed by atoms with E-state index in [0.717, 1.165) is 0 Å². The topological polar surface area (TPSA) is 76.1 Å². The first kappa shape index (κ1) is 14.8. The van der Waals surface area contributed by atoms with E-state index < -0.39 is 17.2 Å². The molecule has 3 rings (SSSR count). The van der Waals surface area contributed by atoms with Crippen LogP contribution < -0.4 is 5.73 Å². The fraction of sp³-hybridized carbons (Fsp3) is 0.111. The van der Waals surface area contributed by atoms with Crippen molar-refractivity contribution in [3.05, 3.63) is 76.6 Å². The highest BCUT2D eigenvalue weighted by atomic mass is 19.1. The maximum absolute atomic E-state index is 14.3. The predicted molar refractivity (Wildman–Crippen MR) is 82.4 cm³/mol. The molecule has 4 nitrogen and oxygen atoms in total. The molecule has 1 aliphatic carbocycles. The van der Waals surface area contributed by atoms with Gasteiger partial charge in [-0.2, -0.15) is 5.26 Å². The molecule has 2 N–H and O–H groups in total. The molecule has 0 heterocycles. The molecule has 5 heteroatoms. The van der Waals surface area contributed by atoms with Crippen molar-refractivity contribution < 1.29 is 13.9 Å². The van der Waals surface area contributed by atoms with E-state index in [1.54, 1.807) is 36.4 Å². The highest BCUT2D eigenvalue weighted by Gasteiger charge is 2.51. The fourth-order valence-corrected chi connectivity index (χ4v) is 3.11. The number of hydrogen-bond acceptors (Lipinski definition) is 4. The Morgan fingerprint density at radius 2 is 1.91 bits per heavy atom. The maximum Gasteiger partial charge on any atom is 0.338 e. The highest BCUT2D eigenvalue weighted by molar-refractivity contribution is 6.05. The van der Waals surface area contributed by atoms with Crippen LogP contribution in [0, 0.1) is 17.1 Å². The zero-order valence-electron chi connectivity index (χ0n) is 12.3. The fourth-order valence-electron chi connectivity index (χ4n) is 3.11. The van der Waals surface area contributed by atoms with Crippen molar-refractivity contribution in [1.82, 2.24) is 0 Å². The van der Waals surface area contributed by atoms with Crippen LogP contribution in [0.3, 0.4) is 0 Å². The number of halogens is 1. The van der Waals surface area contributed by atoms with Crippen molar-refractivity contribution in [2.45, 2.75) is 5.41 Å². The average Bonchev–Trinajstić information content (AvgIpc) is 2.85. The van der Waals surface area contributed by atoms with Crippen LogP contribution >= 0.6 is 0 Å². The Bertz CT molecular complexity index is 868. The Morgan fingerprint density at radius 3 is 2.52 bits per heavy atom. The standard InChI is InChI=1S/C18H13FN2O2/c1-23-17(22)15-16(21)14-12(8-5-9-13(14)19)18(15,10-20)11-6-3-2-4-7-11/h2-9H,21H2,1H3/t18-/m1/s1. The molecule has 23 heavy (non-hydrogen) atoms. The normalized spacial score (nSPS) is 19.2. The van der Waals surface area contributed by atoms with Gasteiger partial charge < -0.3 is 10.5 Å². The van der Waals surface area contributed by atoms with Gasteiger partial charge in [-0.3, -0.25) is 0 Å². The van der Waals surface area contributed by atoms with Crippen LogP contribution in [0.25, 0.3) is 5.70 Å². The summed E-state index contributed by atoms with van der Waals surface area (Å²) in [6, 6.07) is 15.2. The average molecular weight is 308 g/mol. The summed E-state index contributed by atoms with van der Waals surface area (Å²) in [5.74, 6) is -1.32. The number of hydrogen-bond donors (Lipinski definition) is 1. The zero-order valence-corrected chi connectivity index (χ0v) is 12.3. The van der Waals surface area contributed by atoms with Crippen molar-refractivity contribution in [3.63, 3.8) is 0 Å². The number of nitrogens with zero attached hydrogens (tertiary/aromatic N) is 1. The SMILES string of the molecule is COC(=O)C1=C(N)c2c(F)cccc2[C@@]1(C#N)c1ccccc1. The van der Waals surface area contributed by atoms with Crippen molar-refractivity contribution in [3.8, 4) is 6.07 Å². The molecule has 0 radical (unpaired) electrons. The Morgan fingerprint density at radius 1 is 1.22 bits per heavy atom. The van der Waals surface area contributed by atoms with Crippen LogP contribution in [0.2, 0.25) is 0 Å². The van der Waals surface area contributed by atoms with Gasteiger partial charge in [0, 0.05) is 5.56 Å². The van der Waals surface area contributed by atoms with E-state index in [1.807, 2.05) is 0 Å². The largest absolute Gasteiger partial charge is 0.466 e. The van der Waals surface area contributed by atoms with Gasteiger partial charge in [-0.25, -0.2) is 9.18 Å². The van der Waals surface area contributed by atoms with Crippen LogP contribution in [0.4, 0.5) is 4.39 Å². The van der Waals surface area contributed by atoms with Crippen LogP contribution in [0.15, 0.2) is 54.1 Å². The molecule has 0 amide bonds. The lowest BCUT2D eigenvalue weighted by atomic mass is 9.73. The molecule has 0 aliphatic heterocycles. The molecule has 2 aromatic carbocycles. The molecule has 1 atom stereocenters. The van der Waals surface area contributed by atoms with E-state index in [1.165, 1.54) is 19.2 Å². The lowest BCUT2D eigenvalue weighted by molar-refractivity contribution is -0.136. The summed E-state index contributed by atoms with van der Waals surface area (Å²) in [6.45, 7) is 0. The lowest BCUT2D eigenvalue weighted by Gasteiger charge is -2.25. The second-order valence-corrected chi connectivity index (χ2v) is 5.17. The lowest BCUT2D eigenvalue weighted by Crippen LogP contribution is -2.31. The Hall–Kier alpha value is -3.13. The van der Waals surface area contributed by atoms with Gasteiger partial charge in [-0.15, -0.1) is 0 Å². The first-order valence-corrected chi connectivity index (χ1v) is 6.92. The van der Waals surface area contributed by atoms with E-state index in [0.29, 0.717) is 11.1 Å². The van der Waals surface area contributed by atoms with Gasteiger partial charge in [0.05, 0.1) is 24.4 Å². The third kappa shape index (κ3) is 1.85. The predicted octanol–water partition coefficient (Wildman–Crippen LogP) is 2.49. The molecule has 0 fully saturated rings. The summed E-state index contributed by atoms with van der Waals surface area (Å²) in [5, 5.41) is 9.97. The molecule has 1 aliphatic rings. The van der Waals surface area contributed by atoms with Gasteiger partial charge in [0.1, 0.15) is 11.2 Å². The minimum absolute atomic E-state index is 0.0474. The third-order valence-corrected chi connectivity index (χ3v) is 4.10. The van der Waals surface area contributed by atoms with Gasteiger partial charge in [-0.05, 0) is 17.2 Å². The van der Waals surface area contributed by atoms with Crippen molar-refractivity contribution in [2.24, 2.45) is 5.73 Å². The number of carbonyl (C=O) groups is 1. The van der Waals surface area contributed by atoms with Gasteiger partial charge in [0.2, 0.25) is 0 Å². The van der Waals surface area contributed by atoms with E-state index in [4.69, 9.17) is 10.5 Å². The molecule has 114 valence electrons. The molecule has 0 spiro atoms. The number of ether oxygens (including phenoxy) is 1. The second kappa shape index (κ2) is 5.25. The van der Waals surface area contributed by atoms with Gasteiger partial charge in [-0.1, -0.05) is 42.5 Å². The summed E-state index contributed by atoms with van der Waals surface area (Å²) in [5.41, 5.74) is 5.42. The van der Waals surface area contributed by atoms with Gasteiger partial charge in [0.15, 0.2) is 0 Å². The number of rotatable bonds is 2. The Kier molecular flexibility index (Phi) is 3.38. The molecule has 0 saturated carbocycles. The van der Waals surface area contributed by atoms with E-state index in [2.05, 4.69) is 6.07 Å².